The monoisotopic (exact) mass is 349 g/mol. The maximum atomic E-state index is 10.1. The molecule has 3 heterocycles. The Morgan fingerprint density at radius 1 is 1.12 bits per heavy atom. The van der Waals surface area contributed by atoms with Gasteiger partial charge in [0, 0.05) is 31.4 Å². The molecular weight excluding hydrogens is 326 g/mol. The SMILES string of the molecule is Cc1ccc(O)c(CN2CCC(n3cc(-c4ccccn4)nn3)CC2)c1. The lowest BCUT2D eigenvalue weighted by Crippen LogP contribution is -2.34. The van der Waals surface area contributed by atoms with Crippen LogP contribution < -0.4 is 0 Å². The van der Waals surface area contributed by atoms with E-state index >= 15 is 0 Å². The quantitative estimate of drug-likeness (QED) is 0.783. The predicted molar refractivity (Wildman–Crippen MR) is 99.6 cm³/mol. The second kappa shape index (κ2) is 7.25. The van der Waals surface area contributed by atoms with Crippen molar-refractivity contribution in [3.8, 4) is 17.1 Å². The average molecular weight is 349 g/mol. The summed E-state index contributed by atoms with van der Waals surface area (Å²) in [6, 6.07) is 12.0. The van der Waals surface area contributed by atoms with Gasteiger partial charge in [-0.3, -0.25) is 9.88 Å². The molecule has 26 heavy (non-hydrogen) atoms. The molecule has 0 bridgehead atoms. The number of piperidine rings is 1. The normalized spacial score (nSPS) is 16.0. The minimum atomic E-state index is 0.363. The lowest BCUT2D eigenvalue weighted by atomic mass is 10.0. The van der Waals surface area contributed by atoms with Crippen LogP contribution in [0.2, 0.25) is 0 Å². The summed E-state index contributed by atoms with van der Waals surface area (Å²) < 4.78 is 1.98. The predicted octanol–water partition coefficient (Wildman–Crippen LogP) is 3.19. The number of likely N-dealkylation sites (tertiary alicyclic amines) is 1. The van der Waals surface area contributed by atoms with Crippen LogP contribution in [0.15, 0.2) is 48.8 Å². The molecule has 134 valence electrons. The van der Waals surface area contributed by atoms with Crippen LogP contribution in [0, 0.1) is 6.92 Å². The van der Waals surface area contributed by atoms with Gasteiger partial charge in [-0.15, -0.1) is 5.10 Å². The van der Waals surface area contributed by atoms with E-state index in [4.69, 9.17) is 0 Å². The number of aromatic hydroxyl groups is 1. The molecule has 1 saturated heterocycles. The molecule has 4 rings (SSSR count). The Morgan fingerprint density at radius 2 is 1.96 bits per heavy atom. The molecule has 0 amide bonds. The summed E-state index contributed by atoms with van der Waals surface area (Å²) in [6.07, 6.45) is 5.82. The van der Waals surface area contributed by atoms with Crippen LogP contribution in [-0.4, -0.2) is 43.1 Å². The maximum absolute atomic E-state index is 10.1. The summed E-state index contributed by atoms with van der Waals surface area (Å²) in [5.74, 6) is 0.383. The molecule has 0 radical (unpaired) electrons. The highest BCUT2D eigenvalue weighted by Gasteiger charge is 2.22. The van der Waals surface area contributed by atoms with Crippen molar-refractivity contribution in [1.82, 2.24) is 24.9 Å². The Kier molecular flexibility index (Phi) is 4.67. The van der Waals surface area contributed by atoms with Gasteiger partial charge in [0.2, 0.25) is 0 Å². The number of benzene rings is 1. The van der Waals surface area contributed by atoms with Gasteiger partial charge < -0.3 is 5.11 Å². The maximum Gasteiger partial charge on any atom is 0.131 e. The highest BCUT2D eigenvalue weighted by molar-refractivity contribution is 5.51. The molecule has 1 aliphatic rings. The molecule has 1 aromatic carbocycles. The van der Waals surface area contributed by atoms with Crippen molar-refractivity contribution in [2.75, 3.05) is 13.1 Å². The number of phenols is 1. The Bertz CT molecular complexity index is 869. The molecule has 6 heteroatoms. The molecule has 6 nitrogen and oxygen atoms in total. The number of pyridine rings is 1. The number of rotatable bonds is 4. The zero-order valence-corrected chi connectivity index (χ0v) is 14.9. The van der Waals surface area contributed by atoms with Crippen LogP contribution in [0.5, 0.6) is 5.75 Å². The van der Waals surface area contributed by atoms with Crippen molar-refractivity contribution < 1.29 is 5.11 Å². The van der Waals surface area contributed by atoms with Gasteiger partial charge in [-0.2, -0.15) is 0 Å². The van der Waals surface area contributed by atoms with Crippen LogP contribution in [0.1, 0.15) is 30.0 Å². The highest BCUT2D eigenvalue weighted by atomic mass is 16.3. The van der Waals surface area contributed by atoms with Gasteiger partial charge in [-0.05, 0) is 38.0 Å². The van der Waals surface area contributed by atoms with Crippen molar-refractivity contribution in [1.29, 1.82) is 0 Å². The number of aromatic nitrogens is 4. The second-order valence-electron chi connectivity index (χ2n) is 6.94. The van der Waals surface area contributed by atoms with E-state index in [-0.39, 0.29) is 0 Å². The van der Waals surface area contributed by atoms with Gasteiger partial charge in [0.25, 0.3) is 0 Å². The highest BCUT2D eigenvalue weighted by Crippen LogP contribution is 2.26. The van der Waals surface area contributed by atoms with Gasteiger partial charge in [0.1, 0.15) is 11.4 Å². The third kappa shape index (κ3) is 3.60. The number of aryl methyl sites for hydroxylation is 1. The van der Waals surface area contributed by atoms with E-state index in [0.29, 0.717) is 11.8 Å². The Balaban J connectivity index is 1.38. The summed E-state index contributed by atoms with van der Waals surface area (Å²) >= 11 is 0. The number of nitrogens with zero attached hydrogens (tertiary/aromatic N) is 5. The lowest BCUT2D eigenvalue weighted by Gasteiger charge is -2.31. The van der Waals surface area contributed by atoms with Crippen LogP contribution >= 0.6 is 0 Å². The van der Waals surface area contributed by atoms with E-state index in [1.54, 1.807) is 12.3 Å². The Labute approximate surface area is 153 Å². The van der Waals surface area contributed by atoms with Crippen LogP contribution in [0.25, 0.3) is 11.4 Å². The summed E-state index contributed by atoms with van der Waals surface area (Å²) in [7, 11) is 0. The fraction of sp³-hybridized carbons (Fsp3) is 0.350. The molecule has 1 fully saturated rings. The summed E-state index contributed by atoms with van der Waals surface area (Å²) in [5, 5.41) is 18.6. The summed E-state index contributed by atoms with van der Waals surface area (Å²) in [6.45, 7) is 4.81. The second-order valence-corrected chi connectivity index (χ2v) is 6.94. The molecule has 3 aromatic rings. The van der Waals surface area contributed by atoms with Gasteiger partial charge in [-0.1, -0.05) is 29.0 Å². The lowest BCUT2D eigenvalue weighted by molar-refractivity contribution is 0.171. The van der Waals surface area contributed by atoms with Crippen molar-refractivity contribution in [3.63, 3.8) is 0 Å². The van der Waals surface area contributed by atoms with E-state index in [0.717, 1.165) is 49.4 Å². The number of hydrogen-bond donors (Lipinski definition) is 1. The molecule has 0 unspecified atom stereocenters. The van der Waals surface area contributed by atoms with E-state index in [9.17, 15) is 5.11 Å². The van der Waals surface area contributed by atoms with Crippen molar-refractivity contribution in [2.45, 2.75) is 32.4 Å². The third-order valence-electron chi connectivity index (χ3n) is 5.00. The molecule has 0 saturated carbocycles. The first-order chi connectivity index (χ1) is 12.7. The largest absolute Gasteiger partial charge is 0.508 e. The fourth-order valence-electron chi connectivity index (χ4n) is 3.51. The first-order valence-electron chi connectivity index (χ1n) is 9.03. The molecular formula is C20H23N5O. The van der Waals surface area contributed by atoms with Crippen molar-refractivity contribution in [3.05, 3.63) is 59.9 Å². The van der Waals surface area contributed by atoms with Gasteiger partial charge in [-0.25, -0.2) is 4.68 Å². The Hall–Kier alpha value is -2.73. The van der Waals surface area contributed by atoms with Crippen molar-refractivity contribution in [2.24, 2.45) is 0 Å². The summed E-state index contributed by atoms with van der Waals surface area (Å²) in [5.41, 5.74) is 3.85. The number of phenolic OH excluding ortho intramolecular Hbond substituents is 1. The van der Waals surface area contributed by atoms with E-state index in [2.05, 4.69) is 33.2 Å². The van der Waals surface area contributed by atoms with E-state index < -0.39 is 0 Å². The van der Waals surface area contributed by atoms with E-state index in [1.165, 1.54) is 5.56 Å². The first kappa shape index (κ1) is 16.7. The fourth-order valence-corrected chi connectivity index (χ4v) is 3.51. The molecule has 2 aromatic heterocycles. The third-order valence-corrected chi connectivity index (χ3v) is 5.00. The molecule has 1 aliphatic heterocycles. The molecule has 0 spiro atoms. The van der Waals surface area contributed by atoms with Gasteiger partial charge >= 0.3 is 0 Å². The van der Waals surface area contributed by atoms with Crippen LogP contribution in [-0.2, 0) is 6.54 Å². The smallest absolute Gasteiger partial charge is 0.131 e. The van der Waals surface area contributed by atoms with Gasteiger partial charge in [0.15, 0.2) is 0 Å². The molecule has 0 aliphatic carbocycles. The molecule has 0 atom stereocenters. The van der Waals surface area contributed by atoms with Crippen molar-refractivity contribution >= 4 is 0 Å². The minimum Gasteiger partial charge on any atom is -0.508 e. The first-order valence-corrected chi connectivity index (χ1v) is 9.03. The number of hydrogen-bond acceptors (Lipinski definition) is 5. The molecule has 1 N–H and O–H groups in total. The average Bonchev–Trinajstić information content (AvgIpc) is 3.16. The van der Waals surface area contributed by atoms with E-state index in [1.807, 2.05) is 35.1 Å². The standard InChI is InChI=1S/C20H23N5O/c1-15-5-6-20(26)16(12-15)13-24-10-7-17(8-11-24)25-14-19(22-23-25)18-4-2-3-9-21-18/h2-6,9,12,14,17,26H,7-8,10-11,13H2,1H3. The zero-order chi connectivity index (χ0) is 17.9. The van der Waals surface area contributed by atoms with Gasteiger partial charge in [0.05, 0.1) is 17.9 Å². The zero-order valence-electron chi connectivity index (χ0n) is 14.9. The van der Waals surface area contributed by atoms with Crippen LogP contribution in [0.4, 0.5) is 0 Å². The topological polar surface area (TPSA) is 67.1 Å². The summed E-state index contributed by atoms with van der Waals surface area (Å²) in [4.78, 5) is 6.72. The minimum absolute atomic E-state index is 0.363. The Morgan fingerprint density at radius 3 is 2.73 bits per heavy atom. The van der Waals surface area contributed by atoms with Crippen LogP contribution in [0.3, 0.4) is 0 Å².